The molecule has 0 saturated heterocycles. The number of phenols is 1. The molecular formula is C16H15N7O3S2. The Hall–Kier alpha value is -3.12. The number of rotatable bonds is 5. The first-order valence-electron chi connectivity index (χ1n) is 7.87. The lowest BCUT2D eigenvalue weighted by molar-refractivity contribution is -0.115. The highest BCUT2D eigenvalue weighted by Crippen LogP contribution is 2.38. The molecule has 2 amide bonds. The highest BCUT2D eigenvalue weighted by Gasteiger charge is 2.13. The van der Waals surface area contributed by atoms with Crippen LogP contribution in [0.3, 0.4) is 0 Å². The van der Waals surface area contributed by atoms with Crippen LogP contribution < -0.4 is 10.6 Å². The zero-order valence-corrected chi connectivity index (χ0v) is 16.7. The Balaban J connectivity index is 1.98. The number of anilines is 2. The standard InChI is InChI=1S/C16H15N7O3S2/c1-7(24)18-11-4-9(5-12(13(11)26)19-8(2)25)21-22-15-10-6-17-16(27-3)20-14(10)23-28-15/h4-6,26H,1-3H3,(H,18,24)(H,19,25)/b22-21+. The van der Waals surface area contributed by atoms with Gasteiger partial charge in [-0.05, 0) is 29.9 Å². The smallest absolute Gasteiger partial charge is 0.221 e. The second-order valence-electron chi connectivity index (χ2n) is 5.53. The van der Waals surface area contributed by atoms with E-state index in [1.54, 1.807) is 6.20 Å². The Morgan fingerprint density at radius 2 is 1.79 bits per heavy atom. The van der Waals surface area contributed by atoms with Gasteiger partial charge in [-0.25, -0.2) is 9.97 Å². The van der Waals surface area contributed by atoms with Crippen LogP contribution in [0.15, 0.2) is 33.7 Å². The molecule has 3 aromatic rings. The van der Waals surface area contributed by atoms with Crippen molar-refractivity contribution in [1.29, 1.82) is 0 Å². The van der Waals surface area contributed by atoms with Crippen LogP contribution in [0.4, 0.5) is 22.1 Å². The Kier molecular flexibility index (Phi) is 5.80. The van der Waals surface area contributed by atoms with Crippen molar-refractivity contribution in [1.82, 2.24) is 14.3 Å². The van der Waals surface area contributed by atoms with Gasteiger partial charge in [0, 0.05) is 20.0 Å². The van der Waals surface area contributed by atoms with Crippen molar-refractivity contribution in [2.24, 2.45) is 10.2 Å². The van der Waals surface area contributed by atoms with Gasteiger partial charge in [0.25, 0.3) is 0 Å². The molecule has 3 N–H and O–H groups in total. The van der Waals surface area contributed by atoms with Crippen LogP contribution in [-0.4, -0.2) is 37.5 Å². The molecule has 12 heteroatoms. The van der Waals surface area contributed by atoms with Crippen LogP contribution in [0.25, 0.3) is 11.0 Å². The topological polar surface area (TPSA) is 142 Å². The Labute approximate surface area is 167 Å². The molecular weight excluding hydrogens is 402 g/mol. The molecule has 28 heavy (non-hydrogen) atoms. The molecule has 144 valence electrons. The van der Waals surface area contributed by atoms with Gasteiger partial charge in [-0.2, -0.15) is 4.37 Å². The van der Waals surface area contributed by atoms with Gasteiger partial charge in [-0.3, -0.25) is 9.59 Å². The zero-order chi connectivity index (χ0) is 20.3. The average Bonchev–Trinajstić information content (AvgIpc) is 3.04. The normalized spacial score (nSPS) is 11.1. The molecule has 1 aromatic carbocycles. The highest BCUT2D eigenvalue weighted by molar-refractivity contribution is 7.98. The van der Waals surface area contributed by atoms with Gasteiger partial charge < -0.3 is 15.7 Å². The second kappa shape index (κ2) is 8.27. The number of fused-ring (bicyclic) bond motifs is 1. The average molecular weight is 417 g/mol. The van der Waals surface area contributed by atoms with E-state index in [0.717, 1.165) is 11.5 Å². The van der Waals surface area contributed by atoms with Gasteiger partial charge in [-0.15, -0.1) is 10.2 Å². The van der Waals surface area contributed by atoms with Gasteiger partial charge in [0.15, 0.2) is 21.6 Å². The van der Waals surface area contributed by atoms with E-state index < -0.39 is 0 Å². The largest absolute Gasteiger partial charge is 0.504 e. The number of nitrogens with one attached hydrogen (secondary N) is 2. The number of hydrogen-bond acceptors (Lipinski definition) is 10. The van der Waals surface area contributed by atoms with Gasteiger partial charge >= 0.3 is 0 Å². The predicted octanol–water partition coefficient (Wildman–Crippen LogP) is 3.85. The van der Waals surface area contributed by atoms with Crippen molar-refractivity contribution in [3.63, 3.8) is 0 Å². The van der Waals surface area contributed by atoms with E-state index in [4.69, 9.17) is 0 Å². The van der Waals surface area contributed by atoms with Crippen LogP contribution in [0.5, 0.6) is 5.75 Å². The Morgan fingerprint density at radius 1 is 1.14 bits per heavy atom. The molecule has 0 saturated carbocycles. The van der Waals surface area contributed by atoms with Crippen molar-refractivity contribution in [2.45, 2.75) is 19.0 Å². The molecule has 0 aliphatic carbocycles. The second-order valence-corrected chi connectivity index (χ2v) is 7.06. The first kappa shape index (κ1) is 19.6. The maximum Gasteiger partial charge on any atom is 0.221 e. The molecule has 0 atom stereocenters. The van der Waals surface area contributed by atoms with Gasteiger partial charge in [0.1, 0.15) is 0 Å². The van der Waals surface area contributed by atoms with E-state index in [9.17, 15) is 14.7 Å². The number of aromatic nitrogens is 3. The molecule has 10 nitrogen and oxygen atoms in total. The summed E-state index contributed by atoms with van der Waals surface area (Å²) in [7, 11) is 0. The van der Waals surface area contributed by atoms with Crippen molar-refractivity contribution >= 4 is 68.2 Å². The summed E-state index contributed by atoms with van der Waals surface area (Å²) in [5.74, 6) is -1.03. The fourth-order valence-corrected chi connectivity index (χ4v) is 3.20. The third-order valence-corrected chi connectivity index (χ3v) is 4.65. The molecule has 0 radical (unpaired) electrons. The summed E-state index contributed by atoms with van der Waals surface area (Å²) in [6.07, 6.45) is 3.51. The SMILES string of the molecule is CSc1ncc2c(/N=N/c3cc(NC(C)=O)c(O)c(NC(C)=O)c3)snc2n1. The fourth-order valence-electron chi connectivity index (χ4n) is 2.23. The van der Waals surface area contributed by atoms with Crippen molar-refractivity contribution < 1.29 is 14.7 Å². The lowest BCUT2D eigenvalue weighted by Crippen LogP contribution is -2.09. The van der Waals surface area contributed by atoms with Crippen molar-refractivity contribution in [2.75, 3.05) is 16.9 Å². The van der Waals surface area contributed by atoms with Crippen molar-refractivity contribution in [3.8, 4) is 5.75 Å². The molecule has 0 spiro atoms. The molecule has 2 aromatic heterocycles. The first-order chi connectivity index (χ1) is 13.4. The lowest BCUT2D eigenvalue weighted by Gasteiger charge is -2.11. The van der Waals surface area contributed by atoms with E-state index >= 15 is 0 Å². The maximum atomic E-state index is 11.4. The summed E-state index contributed by atoms with van der Waals surface area (Å²) in [5, 5.41) is 25.3. The highest BCUT2D eigenvalue weighted by atomic mass is 32.2. The maximum absolute atomic E-state index is 11.4. The summed E-state index contributed by atoms with van der Waals surface area (Å²) in [4.78, 5) is 31.2. The minimum atomic E-state index is -0.381. The Bertz CT molecular complexity index is 1060. The number of nitrogens with zero attached hydrogens (tertiary/aromatic N) is 5. The number of hydrogen-bond donors (Lipinski definition) is 3. The summed E-state index contributed by atoms with van der Waals surface area (Å²) < 4.78 is 4.24. The predicted molar refractivity (Wildman–Crippen MR) is 108 cm³/mol. The third kappa shape index (κ3) is 4.40. The fraction of sp³-hybridized carbons (Fsp3) is 0.188. The number of aromatic hydroxyl groups is 1. The number of amides is 2. The monoisotopic (exact) mass is 417 g/mol. The molecule has 3 rings (SSSR count). The van der Waals surface area contributed by atoms with Crippen LogP contribution in [0.1, 0.15) is 13.8 Å². The Morgan fingerprint density at radius 3 is 2.36 bits per heavy atom. The van der Waals surface area contributed by atoms with Crippen LogP contribution >= 0.6 is 23.3 Å². The van der Waals surface area contributed by atoms with Crippen LogP contribution in [-0.2, 0) is 9.59 Å². The number of carbonyl (C=O) groups is 2. The van der Waals surface area contributed by atoms with E-state index in [0.29, 0.717) is 26.9 Å². The molecule has 0 bridgehead atoms. The number of carbonyl (C=O) groups excluding carboxylic acids is 2. The summed E-state index contributed by atoms with van der Waals surface area (Å²) in [5.41, 5.74) is 1.06. The van der Waals surface area contributed by atoms with Gasteiger partial charge in [0.05, 0.1) is 22.4 Å². The third-order valence-electron chi connectivity index (χ3n) is 3.35. The van der Waals surface area contributed by atoms with Crippen LogP contribution in [0, 0.1) is 0 Å². The molecule has 0 aliphatic rings. The molecule has 2 heterocycles. The van der Waals surface area contributed by atoms with Gasteiger partial charge in [0.2, 0.25) is 11.8 Å². The molecule has 0 unspecified atom stereocenters. The number of azo groups is 1. The quantitative estimate of drug-likeness (QED) is 0.248. The van der Waals surface area contributed by atoms with E-state index in [1.807, 2.05) is 6.26 Å². The lowest BCUT2D eigenvalue weighted by atomic mass is 10.2. The van der Waals surface area contributed by atoms with E-state index in [-0.39, 0.29) is 28.9 Å². The first-order valence-corrected chi connectivity index (χ1v) is 9.87. The number of phenolic OH excluding ortho intramolecular Hbond substituents is 1. The summed E-state index contributed by atoms with van der Waals surface area (Å²) in [6, 6.07) is 2.88. The van der Waals surface area contributed by atoms with Crippen molar-refractivity contribution in [3.05, 3.63) is 18.3 Å². The number of thioether (sulfide) groups is 1. The molecule has 0 fully saturated rings. The van der Waals surface area contributed by atoms with E-state index in [2.05, 4.69) is 35.2 Å². The summed E-state index contributed by atoms with van der Waals surface area (Å²) >= 11 is 2.54. The van der Waals surface area contributed by atoms with Gasteiger partial charge in [-0.1, -0.05) is 11.8 Å². The minimum Gasteiger partial charge on any atom is -0.504 e. The van der Waals surface area contributed by atoms with Crippen LogP contribution in [0.2, 0.25) is 0 Å². The number of benzene rings is 1. The zero-order valence-electron chi connectivity index (χ0n) is 15.0. The minimum absolute atomic E-state index is 0.106. The van der Waals surface area contributed by atoms with E-state index in [1.165, 1.54) is 37.7 Å². The molecule has 0 aliphatic heterocycles. The summed E-state index contributed by atoms with van der Waals surface area (Å²) in [6.45, 7) is 2.61.